The molecular weight excluding hydrogens is 280 g/mol. The first-order valence-corrected chi connectivity index (χ1v) is 7.78. The molecule has 110 valence electrons. The smallest absolute Gasteiger partial charge is 0.288 e. The monoisotopic (exact) mass is 299 g/mol. The molecule has 1 aromatic carbocycles. The molecule has 1 fully saturated rings. The quantitative estimate of drug-likeness (QED) is 0.839. The van der Waals surface area contributed by atoms with Crippen LogP contribution in [0.3, 0.4) is 0 Å². The number of halogens is 2. The van der Waals surface area contributed by atoms with Crippen LogP contribution in [-0.2, 0) is 0 Å². The molecule has 1 N–H and O–H groups in total. The minimum Gasteiger partial charge on any atom is -0.349 e. The second kappa shape index (κ2) is 7.07. The van der Waals surface area contributed by atoms with Crippen molar-refractivity contribution in [3.8, 4) is 0 Å². The van der Waals surface area contributed by atoms with E-state index in [0.29, 0.717) is 22.2 Å². The molecular formula is C15H19F2NOS. The van der Waals surface area contributed by atoms with E-state index in [0.717, 1.165) is 31.6 Å². The van der Waals surface area contributed by atoms with Gasteiger partial charge in [0.15, 0.2) is 0 Å². The Morgan fingerprint density at radius 2 is 1.80 bits per heavy atom. The van der Waals surface area contributed by atoms with Gasteiger partial charge in [-0.15, -0.1) is 0 Å². The normalized spacial score (nSPS) is 22.8. The molecule has 0 heterocycles. The van der Waals surface area contributed by atoms with Crippen LogP contribution >= 0.6 is 11.8 Å². The zero-order valence-electron chi connectivity index (χ0n) is 11.4. The van der Waals surface area contributed by atoms with Gasteiger partial charge in [0.1, 0.15) is 0 Å². The predicted octanol–water partition coefficient (Wildman–Crippen LogP) is 4.31. The van der Waals surface area contributed by atoms with Crippen molar-refractivity contribution in [3.63, 3.8) is 0 Å². The van der Waals surface area contributed by atoms with Crippen molar-refractivity contribution in [1.29, 1.82) is 0 Å². The molecule has 0 unspecified atom stereocenters. The molecule has 5 heteroatoms. The molecule has 0 bridgehead atoms. The standard InChI is InChI=1S/C15H19F2NOS/c1-10-2-6-12(7-3-10)18-14(19)11-4-8-13(9-5-11)20-15(16)17/h4-5,8-10,12,15H,2-3,6-7H2,1H3,(H,18,19). The summed E-state index contributed by atoms with van der Waals surface area (Å²) in [4.78, 5) is 12.5. The minimum absolute atomic E-state index is 0.113. The van der Waals surface area contributed by atoms with Gasteiger partial charge < -0.3 is 5.32 Å². The molecule has 1 aromatic rings. The van der Waals surface area contributed by atoms with Crippen molar-refractivity contribution in [2.24, 2.45) is 5.92 Å². The lowest BCUT2D eigenvalue weighted by atomic mass is 9.87. The summed E-state index contributed by atoms with van der Waals surface area (Å²) in [6.45, 7) is 2.23. The maximum absolute atomic E-state index is 12.2. The Hall–Kier alpha value is -1.10. The molecule has 2 nitrogen and oxygen atoms in total. The van der Waals surface area contributed by atoms with Crippen LogP contribution in [0.25, 0.3) is 0 Å². The van der Waals surface area contributed by atoms with E-state index >= 15 is 0 Å². The number of alkyl halides is 2. The summed E-state index contributed by atoms with van der Waals surface area (Å²) < 4.78 is 24.4. The fourth-order valence-corrected chi connectivity index (χ4v) is 2.96. The van der Waals surface area contributed by atoms with Crippen molar-refractivity contribution >= 4 is 17.7 Å². The predicted molar refractivity (Wildman–Crippen MR) is 77.2 cm³/mol. The van der Waals surface area contributed by atoms with Gasteiger partial charge >= 0.3 is 0 Å². The zero-order valence-corrected chi connectivity index (χ0v) is 12.3. The second-order valence-electron chi connectivity index (χ2n) is 5.33. The molecule has 1 aliphatic rings. The third-order valence-corrected chi connectivity index (χ3v) is 4.42. The number of nitrogens with one attached hydrogen (secondary N) is 1. The van der Waals surface area contributed by atoms with Crippen molar-refractivity contribution in [2.45, 2.75) is 49.3 Å². The van der Waals surface area contributed by atoms with E-state index < -0.39 is 5.76 Å². The van der Waals surface area contributed by atoms with Gasteiger partial charge in [-0.3, -0.25) is 4.79 Å². The first-order valence-electron chi connectivity index (χ1n) is 6.90. The molecule has 0 aliphatic heterocycles. The van der Waals surface area contributed by atoms with E-state index in [1.54, 1.807) is 24.3 Å². The largest absolute Gasteiger partial charge is 0.349 e. The first-order chi connectivity index (χ1) is 9.54. The highest BCUT2D eigenvalue weighted by Gasteiger charge is 2.20. The highest BCUT2D eigenvalue weighted by Crippen LogP contribution is 2.26. The maximum Gasteiger partial charge on any atom is 0.288 e. The number of amides is 1. The summed E-state index contributed by atoms with van der Waals surface area (Å²) in [6.07, 6.45) is 4.34. The number of hydrogen-bond acceptors (Lipinski definition) is 2. The molecule has 1 amide bonds. The molecule has 1 aliphatic carbocycles. The Balaban J connectivity index is 1.89. The van der Waals surface area contributed by atoms with Gasteiger partial charge in [-0.1, -0.05) is 18.7 Å². The molecule has 2 rings (SSSR count). The number of benzene rings is 1. The van der Waals surface area contributed by atoms with Crippen LogP contribution in [0.15, 0.2) is 29.2 Å². The Morgan fingerprint density at radius 1 is 1.20 bits per heavy atom. The minimum atomic E-state index is -2.43. The van der Waals surface area contributed by atoms with Crippen molar-refractivity contribution < 1.29 is 13.6 Å². The van der Waals surface area contributed by atoms with Crippen LogP contribution in [0.5, 0.6) is 0 Å². The highest BCUT2D eigenvalue weighted by molar-refractivity contribution is 7.99. The SMILES string of the molecule is CC1CCC(NC(=O)c2ccc(SC(F)F)cc2)CC1. The molecule has 0 aromatic heterocycles. The Morgan fingerprint density at radius 3 is 2.35 bits per heavy atom. The lowest BCUT2D eigenvalue weighted by Gasteiger charge is -2.26. The van der Waals surface area contributed by atoms with Crippen molar-refractivity contribution in [3.05, 3.63) is 29.8 Å². The Labute approximate surface area is 122 Å². The van der Waals surface area contributed by atoms with E-state index in [2.05, 4.69) is 12.2 Å². The molecule has 20 heavy (non-hydrogen) atoms. The fourth-order valence-electron chi connectivity index (χ4n) is 2.46. The lowest BCUT2D eigenvalue weighted by molar-refractivity contribution is 0.0923. The first kappa shape index (κ1) is 15.3. The topological polar surface area (TPSA) is 29.1 Å². The summed E-state index contributed by atoms with van der Waals surface area (Å²) >= 11 is 0.490. The second-order valence-corrected chi connectivity index (χ2v) is 6.40. The van der Waals surface area contributed by atoms with Crippen LogP contribution in [0.2, 0.25) is 0 Å². The summed E-state index contributed by atoms with van der Waals surface area (Å²) in [5, 5.41) is 3.02. The van der Waals surface area contributed by atoms with E-state index in [1.165, 1.54) is 0 Å². The van der Waals surface area contributed by atoms with Gasteiger partial charge in [0.25, 0.3) is 11.7 Å². The fraction of sp³-hybridized carbons (Fsp3) is 0.533. The van der Waals surface area contributed by atoms with Gasteiger partial charge in [-0.25, -0.2) is 0 Å². The van der Waals surface area contributed by atoms with Crippen LogP contribution in [0.1, 0.15) is 43.0 Å². The van der Waals surface area contributed by atoms with Crippen LogP contribution < -0.4 is 5.32 Å². The molecule has 0 atom stereocenters. The summed E-state index contributed by atoms with van der Waals surface area (Å²) in [6, 6.07) is 6.58. The van der Waals surface area contributed by atoms with E-state index in [4.69, 9.17) is 0 Å². The third kappa shape index (κ3) is 4.47. The van der Waals surface area contributed by atoms with E-state index in [9.17, 15) is 13.6 Å². The number of carbonyl (C=O) groups is 1. The van der Waals surface area contributed by atoms with Crippen molar-refractivity contribution in [1.82, 2.24) is 5.32 Å². The van der Waals surface area contributed by atoms with Crippen LogP contribution in [0, 0.1) is 5.92 Å². The number of hydrogen-bond donors (Lipinski definition) is 1. The number of carbonyl (C=O) groups excluding carboxylic acids is 1. The third-order valence-electron chi connectivity index (χ3n) is 3.69. The molecule has 0 radical (unpaired) electrons. The van der Waals surface area contributed by atoms with Gasteiger partial charge in [-0.2, -0.15) is 8.78 Å². The zero-order chi connectivity index (χ0) is 14.5. The highest BCUT2D eigenvalue weighted by atomic mass is 32.2. The summed E-state index contributed by atoms with van der Waals surface area (Å²) in [5.41, 5.74) is 0.530. The number of thioether (sulfide) groups is 1. The van der Waals surface area contributed by atoms with Crippen molar-refractivity contribution in [2.75, 3.05) is 0 Å². The van der Waals surface area contributed by atoms with Gasteiger partial charge in [-0.05, 0) is 55.9 Å². The van der Waals surface area contributed by atoms with Crippen LogP contribution in [-0.4, -0.2) is 17.7 Å². The lowest BCUT2D eigenvalue weighted by Crippen LogP contribution is -2.37. The van der Waals surface area contributed by atoms with Crippen LogP contribution in [0.4, 0.5) is 8.78 Å². The number of rotatable bonds is 4. The molecule has 0 saturated heterocycles. The van der Waals surface area contributed by atoms with E-state index in [1.807, 2.05) is 0 Å². The molecule has 1 saturated carbocycles. The van der Waals surface area contributed by atoms with Gasteiger partial charge in [0.05, 0.1) is 0 Å². The Bertz CT molecular complexity index is 442. The van der Waals surface area contributed by atoms with E-state index in [-0.39, 0.29) is 11.9 Å². The maximum atomic E-state index is 12.2. The molecule has 0 spiro atoms. The summed E-state index contributed by atoms with van der Waals surface area (Å²) in [7, 11) is 0. The van der Waals surface area contributed by atoms with Gasteiger partial charge in [0, 0.05) is 16.5 Å². The average molecular weight is 299 g/mol. The van der Waals surface area contributed by atoms with Gasteiger partial charge in [0.2, 0.25) is 0 Å². The summed E-state index contributed by atoms with van der Waals surface area (Å²) in [5.74, 6) is -1.80. The Kier molecular flexibility index (Phi) is 5.40. The average Bonchev–Trinajstić information content (AvgIpc) is 2.41.